The molecule has 1 nitrogen and oxygen atoms in total. The van der Waals surface area contributed by atoms with E-state index in [2.05, 4.69) is 19.2 Å². The summed E-state index contributed by atoms with van der Waals surface area (Å²) < 4.78 is 12.9. The van der Waals surface area contributed by atoms with Crippen LogP contribution >= 0.6 is 0 Å². The summed E-state index contributed by atoms with van der Waals surface area (Å²) in [6.07, 6.45) is 0. The molecule has 72 valence electrons. The Morgan fingerprint density at radius 3 is 2.54 bits per heavy atom. The number of benzene rings is 1. The number of hydrogen-bond acceptors (Lipinski definition) is 1. The molecule has 0 heterocycles. The van der Waals surface area contributed by atoms with Gasteiger partial charge in [0.05, 0.1) is 0 Å². The lowest BCUT2D eigenvalue weighted by molar-refractivity contribution is 0.520. The van der Waals surface area contributed by atoms with Crippen LogP contribution in [0.1, 0.15) is 25.3 Å². The van der Waals surface area contributed by atoms with Gasteiger partial charge in [0.2, 0.25) is 0 Å². The molecule has 1 rings (SSSR count). The van der Waals surface area contributed by atoms with Crippen LogP contribution in [-0.2, 0) is 0 Å². The van der Waals surface area contributed by atoms with Crippen molar-refractivity contribution in [1.29, 1.82) is 0 Å². The number of rotatable bonds is 3. The average Bonchev–Trinajstić information content (AvgIpc) is 2.15. The molecule has 2 heteroatoms. The minimum Gasteiger partial charge on any atom is -0.317 e. The van der Waals surface area contributed by atoms with Crippen LogP contribution in [0.2, 0.25) is 0 Å². The largest absolute Gasteiger partial charge is 0.317 e. The fourth-order valence-electron chi connectivity index (χ4n) is 1.33. The summed E-state index contributed by atoms with van der Waals surface area (Å²) in [6, 6.07) is 7.14. The van der Waals surface area contributed by atoms with Crippen molar-refractivity contribution in [1.82, 2.24) is 5.32 Å². The van der Waals surface area contributed by atoms with Crippen LogP contribution in [0, 0.1) is 5.82 Å². The molecule has 0 radical (unpaired) electrons. The molecule has 0 aliphatic heterocycles. The standard InChI is InChI=1S/C11H16FN/c1-8(9(2)13-3)10-5-4-6-11(12)7-10/h4-9,13H,1-3H3. The maximum Gasteiger partial charge on any atom is 0.123 e. The lowest BCUT2D eigenvalue weighted by Gasteiger charge is -2.19. The minimum atomic E-state index is -0.160. The van der Waals surface area contributed by atoms with Crippen LogP contribution in [0.3, 0.4) is 0 Å². The van der Waals surface area contributed by atoms with Crippen molar-refractivity contribution < 1.29 is 4.39 Å². The van der Waals surface area contributed by atoms with Crippen molar-refractivity contribution in [3.63, 3.8) is 0 Å². The van der Waals surface area contributed by atoms with Gasteiger partial charge >= 0.3 is 0 Å². The molecule has 2 atom stereocenters. The average molecular weight is 181 g/mol. The van der Waals surface area contributed by atoms with Gasteiger partial charge in [-0.15, -0.1) is 0 Å². The van der Waals surface area contributed by atoms with Gasteiger partial charge in [-0.25, -0.2) is 4.39 Å². The van der Waals surface area contributed by atoms with Crippen LogP contribution in [0.25, 0.3) is 0 Å². The van der Waals surface area contributed by atoms with Crippen LogP contribution in [0.15, 0.2) is 24.3 Å². The van der Waals surface area contributed by atoms with E-state index >= 15 is 0 Å². The molecular weight excluding hydrogens is 165 g/mol. The zero-order valence-corrected chi connectivity index (χ0v) is 8.34. The van der Waals surface area contributed by atoms with E-state index in [0.717, 1.165) is 5.56 Å². The zero-order valence-electron chi connectivity index (χ0n) is 8.34. The summed E-state index contributed by atoms with van der Waals surface area (Å²) in [5, 5.41) is 3.16. The summed E-state index contributed by atoms with van der Waals surface area (Å²) in [5.74, 6) is 0.174. The molecule has 2 unspecified atom stereocenters. The van der Waals surface area contributed by atoms with Crippen LogP contribution in [0.4, 0.5) is 4.39 Å². The fraction of sp³-hybridized carbons (Fsp3) is 0.455. The Balaban J connectivity index is 2.82. The van der Waals surface area contributed by atoms with Gasteiger partial charge in [0, 0.05) is 6.04 Å². The lowest BCUT2D eigenvalue weighted by Crippen LogP contribution is -2.27. The molecule has 1 aromatic carbocycles. The maximum absolute atomic E-state index is 12.9. The van der Waals surface area contributed by atoms with Crippen molar-refractivity contribution in [2.45, 2.75) is 25.8 Å². The fourth-order valence-corrected chi connectivity index (χ4v) is 1.33. The first-order valence-electron chi connectivity index (χ1n) is 4.58. The molecule has 0 aliphatic carbocycles. The molecule has 1 aromatic rings. The van der Waals surface area contributed by atoms with Crippen molar-refractivity contribution in [3.8, 4) is 0 Å². The zero-order chi connectivity index (χ0) is 9.84. The number of halogens is 1. The van der Waals surface area contributed by atoms with Crippen LogP contribution in [-0.4, -0.2) is 13.1 Å². The molecule has 0 aliphatic rings. The van der Waals surface area contributed by atoms with E-state index in [0.29, 0.717) is 12.0 Å². The molecule has 1 N–H and O–H groups in total. The van der Waals surface area contributed by atoms with Crippen molar-refractivity contribution >= 4 is 0 Å². The predicted molar refractivity (Wildman–Crippen MR) is 53.3 cm³/mol. The van der Waals surface area contributed by atoms with Gasteiger partial charge < -0.3 is 5.32 Å². The SMILES string of the molecule is CNC(C)C(C)c1cccc(F)c1. The second-order valence-electron chi connectivity index (χ2n) is 3.42. The van der Waals surface area contributed by atoms with E-state index in [1.165, 1.54) is 6.07 Å². The van der Waals surface area contributed by atoms with Gasteiger partial charge in [-0.2, -0.15) is 0 Å². The lowest BCUT2D eigenvalue weighted by atomic mass is 9.94. The maximum atomic E-state index is 12.9. The summed E-state index contributed by atoms with van der Waals surface area (Å²) in [7, 11) is 1.92. The van der Waals surface area contributed by atoms with Crippen molar-refractivity contribution in [3.05, 3.63) is 35.6 Å². The first-order chi connectivity index (χ1) is 6.15. The molecule has 0 aromatic heterocycles. The Kier molecular flexibility index (Phi) is 3.43. The third kappa shape index (κ3) is 2.52. The highest BCUT2D eigenvalue weighted by Gasteiger charge is 2.12. The van der Waals surface area contributed by atoms with E-state index in [1.54, 1.807) is 12.1 Å². The van der Waals surface area contributed by atoms with Gasteiger partial charge in [-0.1, -0.05) is 19.1 Å². The molecule has 0 amide bonds. The summed E-state index contributed by atoms with van der Waals surface area (Å²) in [6.45, 7) is 4.19. The quantitative estimate of drug-likeness (QED) is 0.755. The molecule has 0 bridgehead atoms. The topological polar surface area (TPSA) is 12.0 Å². The Morgan fingerprint density at radius 2 is 2.00 bits per heavy atom. The molecular formula is C11H16FN. The first-order valence-corrected chi connectivity index (χ1v) is 4.58. The molecule has 0 saturated carbocycles. The Labute approximate surface area is 79.0 Å². The third-order valence-electron chi connectivity index (χ3n) is 2.58. The van der Waals surface area contributed by atoms with Gasteiger partial charge in [-0.05, 0) is 37.6 Å². The van der Waals surface area contributed by atoms with E-state index in [1.807, 2.05) is 13.1 Å². The van der Waals surface area contributed by atoms with E-state index in [4.69, 9.17) is 0 Å². The normalized spacial score (nSPS) is 15.4. The van der Waals surface area contributed by atoms with Crippen LogP contribution in [0.5, 0.6) is 0 Å². The second kappa shape index (κ2) is 4.38. The van der Waals surface area contributed by atoms with Crippen molar-refractivity contribution in [2.24, 2.45) is 0 Å². The van der Waals surface area contributed by atoms with Crippen LogP contribution < -0.4 is 5.32 Å². The Morgan fingerprint density at radius 1 is 1.31 bits per heavy atom. The second-order valence-corrected chi connectivity index (χ2v) is 3.42. The highest BCUT2D eigenvalue weighted by molar-refractivity contribution is 5.21. The Hall–Kier alpha value is -0.890. The van der Waals surface area contributed by atoms with E-state index in [9.17, 15) is 4.39 Å². The van der Waals surface area contributed by atoms with E-state index < -0.39 is 0 Å². The van der Waals surface area contributed by atoms with E-state index in [-0.39, 0.29) is 5.82 Å². The molecule has 0 spiro atoms. The van der Waals surface area contributed by atoms with Gasteiger partial charge in [-0.3, -0.25) is 0 Å². The number of nitrogens with one attached hydrogen (secondary N) is 1. The third-order valence-corrected chi connectivity index (χ3v) is 2.58. The summed E-state index contributed by atoms with van der Waals surface area (Å²) >= 11 is 0. The Bertz CT molecular complexity index is 273. The first kappa shape index (κ1) is 10.2. The predicted octanol–water partition coefficient (Wildman–Crippen LogP) is 2.54. The monoisotopic (exact) mass is 181 g/mol. The molecule has 0 fully saturated rings. The number of hydrogen-bond donors (Lipinski definition) is 1. The summed E-state index contributed by atoms with van der Waals surface area (Å²) in [5.41, 5.74) is 1.04. The van der Waals surface area contributed by atoms with Gasteiger partial charge in [0.25, 0.3) is 0 Å². The molecule has 0 saturated heterocycles. The van der Waals surface area contributed by atoms with Crippen molar-refractivity contribution in [2.75, 3.05) is 7.05 Å². The number of likely N-dealkylation sites (N-methyl/N-ethyl adjacent to an activating group) is 1. The molecule has 13 heavy (non-hydrogen) atoms. The summed E-state index contributed by atoms with van der Waals surface area (Å²) in [4.78, 5) is 0. The minimum absolute atomic E-state index is 0.160. The smallest absolute Gasteiger partial charge is 0.123 e. The van der Waals surface area contributed by atoms with Gasteiger partial charge in [0.1, 0.15) is 5.82 Å². The van der Waals surface area contributed by atoms with Gasteiger partial charge in [0.15, 0.2) is 0 Å². The highest BCUT2D eigenvalue weighted by Crippen LogP contribution is 2.19. The highest BCUT2D eigenvalue weighted by atomic mass is 19.1.